The van der Waals surface area contributed by atoms with Gasteiger partial charge in [-0.1, -0.05) is 47.4 Å². The molecule has 232 valence electrons. The number of carbonyl (C=O) groups is 3. The lowest BCUT2D eigenvalue weighted by Gasteiger charge is -2.31. The smallest absolute Gasteiger partial charge is 0.378 e. The summed E-state index contributed by atoms with van der Waals surface area (Å²) in [5.41, 5.74) is 0.0649. The van der Waals surface area contributed by atoms with E-state index in [2.05, 4.69) is 5.32 Å². The Hall–Kier alpha value is -4.43. The largest absolute Gasteiger partial charge is 0.418 e. The van der Waals surface area contributed by atoms with Crippen molar-refractivity contribution in [3.05, 3.63) is 104 Å². The molecular weight excluding hydrogens is 632 g/mol. The summed E-state index contributed by atoms with van der Waals surface area (Å²) in [7, 11) is 3.69. The lowest BCUT2D eigenvalue weighted by Crippen LogP contribution is -2.33. The molecule has 1 aromatic heterocycles. The van der Waals surface area contributed by atoms with Crippen LogP contribution < -0.4 is 20.0 Å². The number of hydrogen-bond acceptors (Lipinski definition) is 7. The predicted octanol–water partition coefficient (Wildman–Crippen LogP) is 5.57. The third-order valence-electron chi connectivity index (χ3n) is 7.70. The van der Waals surface area contributed by atoms with Crippen molar-refractivity contribution in [1.82, 2.24) is 4.57 Å². The van der Waals surface area contributed by atoms with E-state index < -0.39 is 69.5 Å². The topological polar surface area (TPSA) is 91.7 Å². The van der Waals surface area contributed by atoms with Gasteiger partial charge in [-0.2, -0.15) is 13.2 Å². The zero-order valence-corrected chi connectivity index (χ0v) is 25.3. The molecule has 14 heteroatoms. The van der Waals surface area contributed by atoms with E-state index in [0.29, 0.717) is 21.0 Å². The van der Waals surface area contributed by atoms with Gasteiger partial charge in [0.2, 0.25) is 17.7 Å². The first-order valence-electron chi connectivity index (χ1n) is 13.6. The second kappa shape index (κ2) is 11.5. The molecule has 3 atom stereocenters. The molecule has 0 aliphatic carbocycles. The molecule has 1 fully saturated rings. The molecule has 4 aromatic rings. The van der Waals surface area contributed by atoms with Gasteiger partial charge in [0, 0.05) is 36.3 Å². The summed E-state index contributed by atoms with van der Waals surface area (Å²) in [6.07, 6.45) is -4.82. The minimum atomic E-state index is -4.82. The Bertz CT molecular complexity index is 1870. The van der Waals surface area contributed by atoms with Gasteiger partial charge in [0.15, 0.2) is 0 Å². The number of amides is 3. The van der Waals surface area contributed by atoms with Gasteiger partial charge in [-0.15, -0.1) is 0 Å². The van der Waals surface area contributed by atoms with Gasteiger partial charge >= 0.3 is 11.0 Å². The molecule has 2 unspecified atom stereocenters. The Morgan fingerprint density at radius 2 is 1.60 bits per heavy atom. The van der Waals surface area contributed by atoms with Crippen LogP contribution in [0.5, 0.6) is 0 Å². The number of hydrogen-bond donors (Lipinski definition) is 1. The summed E-state index contributed by atoms with van der Waals surface area (Å²) < 4.78 is 56.5. The number of fused-ring (bicyclic) bond motifs is 2. The standard InChI is InChI=1S/C31H24F4N4O4S2/c1-37(2)19-13-7-16(8-14-19)23-24-25(28(42)39(27(24)41)21-6-4-3-5-20(21)31(33,34)35)44-29-26(23)45-30(43)38(29)15-22(40)36-18-11-9-17(32)10-12-18/h3-14,23-25H,15H2,1-2H3,(H,36,40)/t23-,24?,25?/m1/s1. The van der Waals surface area contributed by atoms with E-state index in [1.165, 1.54) is 41.0 Å². The van der Waals surface area contributed by atoms with Crippen LogP contribution in [-0.2, 0) is 27.1 Å². The van der Waals surface area contributed by atoms with E-state index in [1.54, 1.807) is 24.3 Å². The number of thioether (sulfide) groups is 1. The maximum Gasteiger partial charge on any atom is 0.418 e. The average Bonchev–Trinajstić information content (AvgIpc) is 3.44. The molecule has 2 aliphatic rings. The highest BCUT2D eigenvalue weighted by atomic mass is 32.2. The Morgan fingerprint density at radius 1 is 0.933 bits per heavy atom. The van der Waals surface area contributed by atoms with E-state index in [1.807, 2.05) is 19.0 Å². The van der Waals surface area contributed by atoms with Gasteiger partial charge < -0.3 is 10.2 Å². The quantitative estimate of drug-likeness (QED) is 0.216. The second-order valence-electron chi connectivity index (χ2n) is 10.7. The van der Waals surface area contributed by atoms with Gasteiger partial charge in [0.1, 0.15) is 17.6 Å². The van der Waals surface area contributed by atoms with E-state index in [9.17, 15) is 36.7 Å². The summed E-state index contributed by atoms with van der Waals surface area (Å²) in [4.78, 5) is 56.6. The highest BCUT2D eigenvalue weighted by molar-refractivity contribution is 8.00. The van der Waals surface area contributed by atoms with Crippen molar-refractivity contribution in [1.29, 1.82) is 0 Å². The minimum absolute atomic E-state index is 0.286. The third kappa shape index (κ3) is 5.52. The van der Waals surface area contributed by atoms with Gasteiger partial charge in [-0.3, -0.25) is 23.7 Å². The molecule has 3 heterocycles. The number of alkyl halides is 3. The maximum absolute atomic E-state index is 14.0. The molecule has 2 aliphatic heterocycles. The first kappa shape index (κ1) is 30.6. The van der Waals surface area contributed by atoms with Crippen molar-refractivity contribution >= 4 is 57.9 Å². The normalized spacial score (nSPS) is 19.3. The van der Waals surface area contributed by atoms with Crippen molar-refractivity contribution in [2.75, 3.05) is 29.2 Å². The fourth-order valence-corrected chi connectivity index (χ4v) is 8.39. The molecule has 3 amide bonds. The number of aromatic nitrogens is 1. The van der Waals surface area contributed by atoms with Crippen LogP contribution >= 0.6 is 23.1 Å². The number of nitrogens with one attached hydrogen (secondary N) is 1. The average molecular weight is 657 g/mol. The van der Waals surface area contributed by atoms with Crippen molar-refractivity contribution in [2.45, 2.75) is 28.9 Å². The number of halogens is 4. The SMILES string of the molecule is CN(C)c1ccc([C@H]2c3sc(=O)n(CC(=O)Nc4ccc(F)cc4)c3SC3C(=O)N(c4ccccc4C(F)(F)F)C(=O)C32)cc1. The molecule has 0 radical (unpaired) electrons. The van der Waals surface area contributed by atoms with Gasteiger partial charge in [0.25, 0.3) is 0 Å². The summed E-state index contributed by atoms with van der Waals surface area (Å²) in [5, 5.41) is 1.73. The molecule has 0 spiro atoms. The number of benzene rings is 3. The zero-order chi connectivity index (χ0) is 32.2. The van der Waals surface area contributed by atoms with Gasteiger partial charge in [-0.05, 0) is 54.1 Å². The number of nitrogens with zero attached hydrogens (tertiary/aromatic N) is 3. The fraction of sp³-hybridized carbons (Fsp3) is 0.226. The van der Waals surface area contributed by atoms with Crippen LogP contribution in [0.25, 0.3) is 0 Å². The fourth-order valence-electron chi connectivity index (χ4n) is 5.62. The summed E-state index contributed by atoms with van der Waals surface area (Å²) in [5.74, 6) is -4.68. The van der Waals surface area contributed by atoms with E-state index in [4.69, 9.17) is 0 Å². The summed E-state index contributed by atoms with van der Waals surface area (Å²) >= 11 is 1.72. The molecule has 1 saturated heterocycles. The zero-order valence-electron chi connectivity index (χ0n) is 23.7. The van der Waals surface area contributed by atoms with Crippen LogP contribution in [0.3, 0.4) is 0 Å². The highest BCUT2D eigenvalue weighted by Crippen LogP contribution is 2.54. The number of thiazole rings is 1. The molecule has 8 nitrogen and oxygen atoms in total. The van der Waals surface area contributed by atoms with Crippen LogP contribution in [0.15, 0.2) is 82.6 Å². The van der Waals surface area contributed by atoms with Crippen molar-refractivity contribution < 1.29 is 31.9 Å². The first-order chi connectivity index (χ1) is 21.3. The Balaban J connectivity index is 1.43. The molecule has 3 aromatic carbocycles. The van der Waals surface area contributed by atoms with Crippen LogP contribution in [0.2, 0.25) is 0 Å². The Morgan fingerprint density at radius 3 is 2.24 bits per heavy atom. The monoisotopic (exact) mass is 656 g/mol. The second-order valence-corrected chi connectivity index (χ2v) is 12.9. The molecule has 0 bridgehead atoms. The molecule has 0 saturated carbocycles. The number of rotatable bonds is 6. The Labute approximate surface area is 262 Å². The van der Waals surface area contributed by atoms with Gasteiger partial charge in [-0.25, -0.2) is 9.29 Å². The van der Waals surface area contributed by atoms with Gasteiger partial charge in [0.05, 0.1) is 22.2 Å². The van der Waals surface area contributed by atoms with E-state index in [0.717, 1.165) is 40.9 Å². The molecule has 45 heavy (non-hydrogen) atoms. The third-order valence-corrected chi connectivity index (χ3v) is 10.3. The number of carbonyl (C=O) groups excluding carboxylic acids is 3. The number of para-hydroxylation sites is 1. The van der Waals surface area contributed by atoms with Crippen LogP contribution in [0.4, 0.5) is 34.6 Å². The maximum atomic E-state index is 14.0. The van der Waals surface area contributed by atoms with E-state index in [-0.39, 0.29) is 5.03 Å². The van der Waals surface area contributed by atoms with E-state index >= 15 is 0 Å². The summed E-state index contributed by atoms with van der Waals surface area (Å²) in [6, 6.07) is 16.6. The lowest BCUT2D eigenvalue weighted by atomic mass is 9.83. The molecular formula is C31H24F4N4O4S2. The van der Waals surface area contributed by atoms with Crippen LogP contribution in [-0.4, -0.2) is 41.6 Å². The number of imide groups is 1. The van der Waals surface area contributed by atoms with Crippen molar-refractivity contribution in [3.8, 4) is 0 Å². The minimum Gasteiger partial charge on any atom is -0.378 e. The molecule has 6 rings (SSSR count). The molecule has 1 N–H and O–H groups in total. The van der Waals surface area contributed by atoms with Crippen molar-refractivity contribution in [2.24, 2.45) is 5.92 Å². The first-order valence-corrected chi connectivity index (χ1v) is 15.3. The predicted molar refractivity (Wildman–Crippen MR) is 163 cm³/mol. The highest BCUT2D eigenvalue weighted by Gasteiger charge is 2.57. The van der Waals surface area contributed by atoms with Crippen LogP contribution in [0.1, 0.15) is 21.9 Å². The number of anilines is 3. The lowest BCUT2D eigenvalue weighted by molar-refractivity contribution is -0.137. The summed E-state index contributed by atoms with van der Waals surface area (Å²) in [6.45, 7) is -0.443. The van der Waals surface area contributed by atoms with Crippen LogP contribution in [0, 0.1) is 11.7 Å². The van der Waals surface area contributed by atoms with Crippen molar-refractivity contribution in [3.63, 3.8) is 0 Å². The Kier molecular flexibility index (Phi) is 7.81.